The first-order chi connectivity index (χ1) is 18.0. The molecule has 1 aliphatic heterocycles. The van der Waals surface area contributed by atoms with Gasteiger partial charge in [0.1, 0.15) is 18.1 Å². The highest BCUT2D eigenvalue weighted by Crippen LogP contribution is 2.20. The highest BCUT2D eigenvalue weighted by Gasteiger charge is 2.24. The number of hydrogen-bond acceptors (Lipinski definition) is 6. The average Bonchev–Trinajstić information content (AvgIpc) is 3.20. The summed E-state index contributed by atoms with van der Waals surface area (Å²) >= 11 is 0. The Morgan fingerprint density at radius 1 is 0.946 bits per heavy atom. The molecule has 1 aromatic heterocycles. The van der Waals surface area contributed by atoms with Crippen molar-refractivity contribution in [1.29, 1.82) is 0 Å². The molecular weight excluding hydrogens is 473 g/mol. The van der Waals surface area contributed by atoms with Gasteiger partial charge in [0.25, 0.3) is 5.91 Å². The number of aromatic nitrogens is 2. The smallest absolute Gasteiger partial charge is 0.254 e. The van der Waals surface area contributed by atoms with Crippen LogP contribution in [-0.4, -0.2) is 78.2 Å². The summed E-state index contributed by atoms with van der Waals surface area (Å²) in [6.07, 6.45) is 1.54. The molecule has 0 bridgehead atoms. The zero-order chi connectivity index (χ0) is 26.2. The lowest BCUT2D eigenvalue weighted by Crippen LogP contribution is -2.44. The second-order valence-corrected chi connectivity index (χ2v) is 8.96. The Hall–Kier alpha value is -4.01. The maximum absolute atomic E-state index is 13.2. The monoisotopic (exact) mass is 505 g/mol. The van der Waals surface area contributed by atoms with E-state index in [4.69, 9.17) is 4.74 Å². The number of carbonyl (C=O) groups excluding carboxylic acids is 2. The van der Waals surface area contributed by atoms with Crippen molar-refractivity contribution in [3.8, 4) is 17.0 Å². The second-order valence-electron chi connectivity index (χ2n) is 8.96. The molecule has 0 N–H and O–H groups in total. The van der Waals surface area contributed by atoms with E-state index in [1.54, 1.807) is 48.4 Å². The number of methoxy groups -OCH3 is 1. The van der Waals surface area contributed by atoms with E-state index >= 15 is 0 Å². The van der Waals surface area contributed by atoms with Gasteiger partial charge in [0.05, 0.1) is 12.8 Å². The zero-order valence-electron chi connectivity index (χ0n) is 21.3. The third kappa shape index (κ3) is 6.61. The molecule has 194 valence electrons. The Morgan fingerprint density at radius 3 is 2.35 bits per heavy atom. The summed E-state index contributed by atoms with van der Waals surface area (Å²) in [7, 11) is 1.58. The van der Waals surface area contributed by atoms with Gasteiger partial charge in [0.15, 0.2) is 5.82 Å². The topological polar surface area (TPSA) is 78.9 Å². The minimum Gasteiger partial charge on any atom is -0.497 e. The second kappa shape index (κ2) is 12.3. The molecule has 8 nitrogen and oxygen atoms in total. The average molecular weight is 506 g/mol. The van der Waals surface area contributed by atoms with Crippen LogP contribution in [0.4, 0.5) is 10.2 Å². The Labute approximate surface area is 216 Å². The molecule has 3 aromatic rings. The molecule has 2 amide bonds. The van der Waals surface area contributed by atoms with Gasteiger partial charge in [-0.1, -0.05) is 6.92 Å². The van der Waals surface area contributed by atoms with Crippen LogP contribution >= 0.6 is 0 Å². The predicted molar refractivity (Wildman–Crippen MR) is 140 cm³/mol. The van der Waals surface area contributed by atoms with Crippen molar-refractivity contribution in [2.45, 2.75) is 19.8 Å². The molecule has 9 heteroatoms. The Kier molecular flexibility index (Phi) is 8.66. The van der Waals surface area contributed by atoms with Crippen LogP contribution in [0.15, 0.2) is 60.7 Å². The van der Waals surface area contributed by atoms with Gasteiger partial charge in [0, 0.05) is 43.9 Å². The van der Waals surface area contributed by atoms with Crippen LogP contribution in [-0.2, 0) is 4.79 Å². The number of halogens is 1. The molecule has 2 heterocycles. The van der Waals surface area contributed by atoms with Crippen LogP contribution < -0.4 is 9.64 Å². The third-order valence-corrected chi connectivity index (χ3v) is 6.41. The number of amides is 2. The van der Waals surface area contributed by atoms with Crippen molar-refractivity contribution in [3.63, 3.8) is 0 Å². The van der Waals surface area contributed by atoms with Crippen LogP contribution in [0.25, 0.3) is 11.3 Å². The van der Waals surface area contributed by atoms with E-state index in [2.05, 4.69) is 15.1 Å². The molecular formula is C28H32FN5O3. The first-order valence-corrected chi connectivity index (χ1v) is 12.5. The molecule has 1 saturated heterocycles. The van der Waals surface area contributed by atoms with Gasteiger partial charge < -0.3 is 19.4 Å². The number of nitrogens with zero attached hydrogens (tertiary/aromatic N) is 5. The number of carbonyl (C=O) groups is 2. The van der Waals surface area contributed by atoms with Crippen LogP contribution in [0.3, 0.4) is 0 Å². The normalized spacial score (nSPS) is 13.7. The minimum atomic E-state index is -0.292. The van der Waals surface area contributed by atoms with E-state index in [-0.39, 0.29) is 24.2 Å². The molecule has 1 fully saturated rings. The van der Waals surface area contributed by atoms with E-state index in [1.807, 2.05) is 24.0 Å². The molecule has 0 spiro atoms. The first-order valence-electron chi connectivity index (χ1n) is 12.5. The van der Waals surface area contributed by atoms with Crippen molar-refractivity contribution in [3.05, 3.63) is 72.0 Å². The Bertz CT molecular complexity index is 1190. The summed E-state index contributed by atoms with van der Waals surface area (Å²) < 4.78 is 18.4. The van der Waals surface area contributed by atoms with E-state index in [0.29, 0.717) is 43.2 Å². The van der Waals surface area contributed by atoms with Crippen LogP contribution in [0.1, 0.15) is 30.1 Å². The van der Waals surface area contributed by atoms with Gasteiger partial charge in [-0.2, -0.15) is 0 Å². The van der Waals surface area contributed by atoms with Crippen molar-refractivity contribution < 1.29 is 18.7 Å². The zero-order valence-corrected chi connectivity index (χ0v) is 21.3. The molecule has 2 aromatic carbocycles. The van der Waals surface area contributed by atoms with E-state index in [1.165, 1.54) is 12.1 Å². The Morgan fingerprint density at radius 2 is 1.70 bits per heavy atom. The Balaban J connectivity index is 1.36. The molecule has 0 saturated carbocycles. The van der Waals surface area contributed by atoms with Crippen LogP contribution in [0, 0.1) is 5.82 Å². The lowest BCUT2D eigenvalue weighted by Gasteiger charge is -2.27. The maximum atomic E-state index is 13.2. The summed E-state index contributed by atoms with van der Waals surface area (Å²) in [6.45, 7) is 5.07. The van der Waals surface area contributed by atoms with Gasteiger partial charge in [-0.05, 0) is 73.5 Å². The van der Waals surface area contributed by atoms with E-state index in [0.717, 1.165) is 30.8 Å². The predicted octanol–water partition coefficient (Wildman–Crippen LogP) is 3.88. The van der Waals surface area contributed by atoms with Crippen molar-refractivity contribution in [2.24, 2.45) is 0 Å². The molecule has 0 radical (unpaired) electrons. The standard InChI is InChI=1S/C28H32FN5O3/c1-3-15-34(28(36)22-7-11-24(37-2)12-8-22)20-27(35)33-17-4-16-32(18-19-33)26-14-13-25(30-31-26)21-5-9-23(29)10-6-21/h5-14H,3-4,15-20H2,1-2H3. The fourth-order valence-electron chi connectivity index (χ4n) is 4.37. The van der Waals surface area contributed by atoms with Crippen molar-refractivity contribution in [1.82, 2.24) is 20.0 Å². The van der Waals surface area contributed by atoms with Gasteiger partial charge in [0.2, 0.25) is 5.91 Å². The lowest BCUT2D eigenvalue weighted by molar-refractivity contribution is -0.131. The molecule has 4 rings (SSSR count). The van der Waals surface area contributed by atoms with Gasteiger partial charge in [-0.3, -0.25) is 9.59 Å². The van der Waals surface area contributed by atoms with Crippen molar-refractivity contribution >= 4 is 17.6 Å². The minimum absolute atomic E-state index is 0.0465. The summed E-state index contributed by atoms with van der Waals surface area (Å²) in [6, 6.07) is 16.9. The van der Waals surface area contributed by atoms with Crippen LogP contribution in [0.5, 0.6) is 5.75 Å². The van der Waals surface area contributed by atoms with E-state index in [9.17, 15) is 14.0 Å². The van der Waals surface area contributed by atoms with Gasteiger partial charge in [-0.25, -0.2) is 4.39 Å². The van der Waals surface area contributed by atoms with Crippen molar-refractivity contribution in [2.75, 3.05) is 51.3 Å². The number of ether oxygens (including phenoxy) is 1. The van der Waals surface area contributed by atoms with E-state index < -0.39 is 0 Å². The lowest BCUT2D eigenvalue weighted by atomic mass is 10.1. The summed E-state index contributed by atoms with van der Waals surface area (Å²) in [5.41, 5.74) is 2.01. The third-order valence-electron chi connectivity index (χ3n) is 6.41. The molecule has 0 aliphatic carbocycles. The van der Waals surface area contributed by atoms with Gasteiger partial charge >= 0.3 is 0 Å². The molecule has 0 atom stereocenters. The SMILES string of the molecule is CCCN(CC(=O)N1CCCN(c2ccc(-c3ccc(F)cc3)nn2)CC1)C(=O)c1ccc(OC)cc1. The quantitative estimate of drug-likeness (QED) is 0.462. The molecule has 0 unspecified atom stereocenters. The number of anilines is 1. The number of rotatable bonds is 8. The summed E-state index contributed by atoms with van der Waals surface area (Å²) in [4.78, 5) is 31.8. The molecule has 37 heavy (non-hydrogen) atoms. The summed E-state index contributed by atoms with van der Waals surface area (Å²) in [5.74, 6) is 0.904. The first kappa shape index (κ1) is 26.1. The highest BCUT2D eigenvalue weighted by atomic mass is 19.1. The molecule has 1 aliphatic rings. The van der Waals surface area contributed by atoms with Gasteiger partial charge in [-0.15, -0.1) is 10.2 Å². The summed E-state index contributed by atoms with van der Waals surface area (Å²) in [5, 5.41) is 8.68. The number of benzene rings is 2. The largest absolute Gasteiger partial charge is 0.497 e. The number of hydrogen-bond donors (Lipinski definition) is 0. The fraction of sp³-hybridized carbons (Fsp3) is 0.357. The maximum Gasteiger partial charge on any atom is 0.254 e. The fourth-order valence-corrected chi connectivity index (χ4v) is 4.37. The van der Waals surface area contributed by atoms with Crippen LogP contribution in [0.2, 0.25) is 0 Å². The highest BCUT2D eigenvalue weighted by molar-refractivity contribution is 5.96.